The monoisotopic (exact) mass is 492 g/mol. The van der Waals surface area contributed by atoms with Gasteiger partial charge in [0, 0.05) is 31.0 Å². The molecule has 0 aliphatic rings. The molecule has 2 aromatic carbocycles. The van der Waals surface area contributed by atoms with Crippen LogP contribution in [-0.2, 0) is 11.3 Å². The van der Waals surface area contributed by atoms with Gasteiger partial charge in [0.1, 0.15) is 0 Å². The molecule has 2 heterocycles. The Balaban J connectivity index is 1.55. The molecule has 0 atom stereocenters. The minimum atomic E-state index is -0.125. The Kier molecular flexibility index (Phi) is 7.75. The maximum atomic E-state index is 13.1. The number of aryl methyl sites for hydroxylation is 1. The number of benzene rings is 2. The average Bonchev–Trinajstić information content (AvgIpc) is 3.28. The van der Waals surface area contributed by atoms with Gasteiger partial charge >= 0.3 is 0 Å². The van der Waals surface area contributed by atoms with E-state index in [9.17, 15) is 9.59 Å². The quantitative estimate of drug-likeness (QED) is 0.324. The maximum Gasteiger partial charge on any atom is 0.262 e. The van der Waals surface area contributed by atoms with Crippen LogP contribution in [0.25, 0.3) is 16.7 Å². The van der Waals surface area contributed by atoms with Crippen LogP contribution >= 0.6 is 11.8 Å². The predicted octanol–water partition coefficient (Wildman–Crippen LogP) is 4.67. The van der Waals surface area contributed by atoms with Crippen molar-refractivity contribution in [3.8, 4) is 0 Å². The first-order valence-corrected chi connectivity index (χ1v) is 13.1. The number of fused-ring (bicyclic) bond motifs is 3. The van der Waals surface area contributed by atoms with Crippen molar-refractivity contribution < 1.29 is 4.79 Å². The summed E-state index contributed by atoms with van der Waals surface area (Å²) >= 11 is 1.31. The number of hydrogen-bond acceptors (Lipinski definition) is 6. The second-order valence-electron chi connectivity index (χ2n) is 8.83. The number of hydrogen-bond donors (Lipinski definition) is 1. The smallest absolute Gasteiger partial charge is 0.262 e. The number of anilines is 2. The lowest BCUT2D eigenvalue weighted by Crippen LogP contribution is -2.24. The van der Waals surface area contributed by atoms with E-state index in [0.717, 1.165) is 36.4 Å². The lowest BCUT2D eigenvalue weighted by atomic mass is 10.1. The van der Waals surface area contributed by atoms with Gasteiger partial charge in [0.25, 0.3) is 5.56 Å². The highest BCUT2D eigenvalue weighted by Crippen LogP contribution is 2.23. The molecule has 0 bridgehead atoms. The van der Waals surface area contributed by atoms with Crippen LogP contribution in [0.2, 0.25) is 0 Å². The number of carbonyl (C=O) groups excluding carboxylic acids is 1. The Morgan fingerprint density at radius 2 is 1.77 bits per heavy atom. The fourth-order valence-corrected chi connectivity index (χ4v) is 4.83. The van der Waals surface area contributed by atoms with E-state index < -0.39 is 0 Å². The van der Waals surface area contributed by atoms with Crippen LogP contribution in [-0.4, -0.2) is 43.9 Å². The number of rotatable bonds is 10. The minimum absolute atomic E-state index is 0.0661. The molecule has 0 aliphatic carbocycles. The molecule has 1 N–H and O–H groups in total. The van der Waals surface area contributed by atoms with Crippen LogP contribution in [0.1, 0.15) is 34.1 Å². The zero-order valence-electron chi connectivity index (χ0n) is 20.7. The first-order valence-electron chi connectivity index (χ1n) is 12.1. The van der Waals surface area contributed by atoms with E-state index in [-0.39, 0.29) is 17.2 Å². The van der Waals surface area contributed by atoms with Gasteiger partial charge in [-0.3, -0.25) is 18.6 Å². The van der Waals surface area contributed by atoms with E-state index in [4.69, 9.17) is 0 Å². The number of para-hydroxylation sites is 1. The molecule has 4 rings (SSSR count). The Hall–Kier alpha value is -3.33. The second-order valence-corrected chi connectivity index (χ2v) is 9.77. The summed E-state index contributed by atoms with van der Waals surface area (Å²) in [7, 11) is 0. The van der Waals surface area contributed by atoms with E-state index in [1.54, 1.807) is 4.57 Å². The topological polar surface area (TPSA) is 84.5 Å². The first kappa shape index (κ1) is 24.8. The zero-order chi connectivity index (χ0) is 24.9. The Morgan fingerprint density at radius 3 is 2.46 bits per heavy atom. The lowest BCUT2D eigenvalue weighted by molar-refractivity contribution is -0.113. The van der Waals surface area contributed by atoms with Crippen LogP contribution < -0.4 is 15.8 Å². The minimum Gasteiger partial charge on any atom is -0.372 e. The third kappa shape index (κ3) is 5.35. The molecule has 0 unspecified atom stereocenters. The molecule has 0 fully saturated rings. The molecule has 35 heavy (non-hydrogen) atoms. The van der Waals surface area contributed by atoms with Crippen molar-refractivity contribution in [2.75, 3.05) is 29.1 Å². The van der Waals surface area contributed by atoms with Gasteiger partial charge in [-0.05, 0) is 62.6 Å². The van der Waals surface area contributed by atoms with Gasteiger partial charge in [-0.15, -0.1) is 10.2 Å². The Morgan fingerprint density at radius 1 is 1.06 bits per heavy atom. The number of nitrogens with zero attached hydrogens (tertiary/aromatic N) is 5. The molecule has 0 saturated carbocycles. The van der Waals surface area contributed by atoms with E-state index in [1.807, 2.05) is 52.9 Å². The van der Waals surface area contributed by atoms with Crippen molar-refractivity contribution in [2.45, 2.75) is 45.8 Å². The molecule has 0 saturated heterocycles. The molecular weight excluding hydrogens is 460 g/mol. The summed E-state index contributed by atoms with van der Waals surface area (Å²) in [5.41, 5.74) is 2.56. The normalized spacial score (nSPS) is 11.5. The fourth-order valence-electron chi connectivity index (χ4n) is 4.09. The van der Waals surface area contributed by atoms with Crippen molar-refractivity contribution in [3.05, 3.63) is 58.9 Å². The summed E-state index contributed by atoms with van der Waals surface area (Å²) in [5.74, 6) is 1.01. The molecule has 9 heteroatoms. The first-order chi connectivity index (χ1) is 16.9. The number of thioether (sulfide) groups is 1. The third-order valence-electron chi connectivity index (χ3n) is 6.02. The SMILES string of the molecule is CCN(CC)c1ccc(NC(=O)CSc2nnc3n(CCC(C)C)c(=O)c4ccccc4n23)cc1. The van der Waals surface area contributed by atoms with Gasteiger partial charge in [0.15, 0.2) is 5.16 Å². The number of carbonyl (C=O) groups is 1. The predicted molar refractivity (Wildman–Crippen MR) is 144 cm³/mol. The van der Waals surface area contributed by atoms with Crippen LogP contribution in [0, 0.1) is 5.92 Å². The molecule has 4 aromatic rings. The standard InChI is InChI=1S/C26H32N6O2S/c1-5-30(6-2)20-13-11-19(12-14-20)27-23(33)17-35-26-29-28-25-31(16-15-18(3)4)24(34)21-9-7-8-10-22(21)32(25)26/h7-14,18H,5-6,15-17H2,1-4H3,(H,27,33). The van der Waals surface area contributed by atoms with Crippen molar-refractivity contribution in [1.29, 1.82) is 0 Å². The van der Waals surface area contributed by atoms with E-state index in [1.165, 1.54) is 11.8 Å². The van der Waals surface area contributed by atoms with Crippen LogP contribution in [0.3, 0.4) is 0 Å². The number of amides is 1. The largest absolute Gasteiger partial charge is 0.372 e. The van der Waals surface area contributed by atoms with Crippen molar-refractivity contribution in [2.24, 2.45) is 5.92 Å². The van der Waals surface area contributed by atoms with Gasteiger partial charge in [-0.1, -0.05) is 37.7 Å². The van der Waals surface area contributed by atoms with Crippen LogP contribution in [0.5, 0.6) is 0 Å². The summed E-state index contributed by atoms with van der Waals surface area (Å²) in [6, 6.07) is 15.3. The van der Waals surface area contributed by atoms with Gasteiger partial charge in [-0.2, -0.15) is 0 Å². The van der Waals surface area contributed by atoms with Gasteiger partial charge < -0.3 is 10.2 Å². The fraction of sp³-hybridized carbons (Fsp3) is 0.385. The van der Waals surface area contributed by atoms with Crippen molar-refractivity contribution in [1.82, 2.24) is 19.2 Å². The van der Waals surface area contributed by atoms with E-state index in [2.05, 4.69) is 48.1 Å². The highest BCUT2D eigenvalue weighted by atomic mass is 32.2. The van der Waals surface area contributed by atoms with Crippen LogP contribution in [0.4, 0.5) is 11.4 Å². The molecule has 2 aromatic heterocycles. The summed E-state index contributed by atoms with van der Waals surface area (Å²) in [6.45, 7) is 10.9. The summed E-state index contributed by atoms with van der Waals surface area (Å²) in [4.78, 5) is 28.1. The Bertz CT molecular complexity index is 1370. The van der Waals surface area contributed by atoms with Gasteiger partial charge in [0.05, 0.1) is 16.7 Å². The van der Waals surface area contributed by atoms with E-state index in [0.29, 0.717) is 28.8 Å². The number of aromatic nitrogens is 4. The lowest BCUT2D eigenvalue weighted by Gasteiger charge is -2.21. The summed E-state index contributed by atoms with van der Waals surface area (Å²) < 4.78 is 3.57. The molecule has 8 nitrogen and oxygen atoms in total. The summed E-state index contributed by atoms with van der Waals surface area (Å²) in [6.07, 6.45) is 0.860. The highest BCUT2D eigenvalue weighted by Gasteiger charge is 2.18. The van der Waals surface area contributed by atoms with Crippen molar-refractivity contribution in [3.63, 3.8) is 0 Å². The molecule has 184 valence electrons. The van der Waals surface area contributed by atoms with Crippen LogP contribution in [0.15, 0.2) is 58.5 Å². The van der Waals surface area contributed by atoms with Crippen molar-refractivity contribution >= 4 is 45.7 Å². The molecule has 0 aliphatic heterocycles. The highest BCUT2D eigenvalue weighted by molar-refractivity contribution is 7.99. The maximum absolute atomic E-state index is 13.1. The van der Waals surface area contributed by atoms with E-state index >= 15 is 0 Å². The van der Waals surface area contributed by atoms with Gasteiger partial charge in [-0.25, -0.2) is 0 Å². The Labute approximate surface area is 209 Å². The molecule has 1 amide bonds. The molecule has 0 spiro atoms. The summed E-state index contributed by atoms with van der Waals surface area (Å²) in [5, 5.41) is 12.8. The molecular formula is C26H32N6O2S. The molecule has 0 radical (unpaired) electrons. The number of nitrogens with one attached hydrogen (secondary N) is 1. The van der Waals surface area contributed by atoms with Gasteiger partial charge in [0.2, 0.25) is 11.7 Å². The third-order valence-corrected chi connectivity index (χ3v) is 6.95. The average molecular weight is 493 g/mol. The zero-order valence-corrected chi connectivity index (χ0v) is 21.5. The second kappa shape index (κ2) is 10.9.